The minimum atomic E-state index is -0.326. The lowest BCUT2D eigenvalue weighted by Crippen LogP contribution is -2.55. The summed E-state index contributed by atoms with van der Waals surface area (Å²) in [5.41, 5.74) is 1.27. The molecule has 0 aromatic heterocycles. The maximum atomic E-state index is 11.0. The predicted molar refractivity (Wildman–Crippen MR) is 89.1 cm³/mol. The summed E-state index contributed by atoms with van der Waals surface area (Å²) in [5.74, 6) is 0.716. The lowest BCUT2D eigenvalue weighted by atomic mass is 9.48. The molecule has 5 aliphatic rings. The Kier molecular flexibility index (Phi) is 3.06. The third kappa shape index (κ3) is 1.83. The van der Waals surface area contributed by atoms with E-state index < -0.39 is 0 Å². The first-order chi connectivity index (χ1) is 11.3. The summed E-state index contributed by atoms with van der Waals surface area (Å²) < 4.78 is 5.59. The number of allylic oxidation sites excluding steroid dienone is 1. The Hall–Kier alpha value is -0.420. The van der Waals surface area contributed by atoms with E-state index in [0.717, 1.165) is 38.7 Å². The Morgan fingerprint density at radius 1 is 1.17 bits per heavy atom. The van der Waals surface area contributed by atoms with Crippen molar-refractivity contribution in [3.8, 4) is 0 Å². The molecule has 0 aromatic carbocycles. The number of rotatable bonds is 2. The SMILES string of the molecule is CC1(C2CO2)CC=C2C(C1)C(O)CC1C2(C)CC(O)C2CC21CO. The highest BCUT2D eigenvalue weighted by Crippen LogP contribution is 2.73. The summed E-state index contributed by atoms with van der Waals surface area (Å²) in [6.07, 6.45) is 6.54. The molecule has 1 heterocycles. The lowest BCUT2D eigenvalue weighted by Gasteiger charge is -2.58. The molecule has 134 valence electrons. The fraction of sp³-hybridized carbons (Fsp3) is 0.900. The second-order valence-electron chi connectivity index (χ2n) is 9.90. The highest BCUT2D eigenvalue weighted by atomic mass is 16.6. The summed E-state index contributed by atoms with van der Waals surface area (Å²) in [7, 11) is 0. The average Bonchev–Trinajstić information content (AvgIpc) is 3.43. The molecule has 4 aliphatic carbocycles. The van der Waals surface area contributed by atoms with Crippen LogP contribution in [0.5, 0.6) is 0 Å². The number of hydrogen-bond acceptors (Lipinski definition) is 4. The van der Waals surface area contributed by atoms with Gasteiger partial charge in [-0.25, -0.2) is 0 Å². The molecule has 9 unspecified atom stereocenters. The second kappa shape index (κ2) is 4.64. The van der Waals surface area contributed by atoms with Crippen molar-refractivity contribution in [1.29, 1.82) is 0 Å². The Balaban J connectivity index is 1.54. The fourth-order valence-corrected chi connectivity index (χ4v) is 7.04. The van der Waals surface area contributed by atoms with Crippen molar-refractivity contribution in [2.24, 2.45) is 34.0 Å². The minimum absolute atomic E-state index is 0.0786. The summed E-state index contributed by atoms with van der Waals surface area (Å²) in [6, 6.07) is 0. The molecule has 1 saturated heterocycles. The van der Waals surface area contributed by atoms with E-state index in [1.54, 1.807) is 0 Å². The Bertz CT molecular complexity index is 598. The fourth-order valence-electron chi connectivity index (χ4n) is 7.04. The molecule has 0 radical (unpaired) electrons. The van der Waals surface area contributed by atoms with Gasteiger partial charge in [-0.1, -0.05) is 25.5 Å². The van der Waals surface area contributed by atoms with Crippen molar-refractivity contribution in [2.75, 3.05) is 13.2 Å². The van der Waals surface area contributed by atoms with Gasteiger partial charge in [0.15, 0.2) is 0 Å². The first-order valence-electron chi connectivity index (χ1n) is 9.63. The number of hydrogen-bond donors (Lipinski definition) is 3. The molecule has 0 aromatic rings. The third-order valence-corrected chi connectivity index (χ3v) is 8.62. The van der Waals surface area contributed by atoms with Gasteiger partial charge in [-0.3, -0.25) is 0 Å². The quantitative estimate of drug-likeness (QED) is 0.532. The van der Waals surface area contributed by atoms with Crippen LogP contribution in [-0.2, 0) is 4.74 Å². The highest BCUT2D eigenvalue weighted by Gasteiger charge is 2.71. The first kappa shape index (κ1) is 15.8. The maximum absolute atomic E-state index is 11.0. The molecule has 9 atom stereocenters. The number of epoxide rings is 1. The molecular weight excluding hydrogens is 304 g/mol. The van der Waals surface area contributed by atoms with E-state index in [9.17, 15) is 15.3 Å². The molecule has 0 bridgehead atoms. The summed E-state index contributed by atoms with van der Waals surface area (Å²) in [5, 5.41) is 31.7. The van der Waals surface area contributed by atoms with Gasteiger partial charge < -0.3 is 20.1 Å². The zero-order valence-electron chi connectivity index (χ0n) is 14.7. The molecule has 4 heteroatoms. The summed E-state index contributed by atoms with van der Waals surface area (Å²) in [4.78, 5) is 0. The van der Waals surface area contributed by atoms with Crippen LogP contribution in [0.25, 0.3) is 0 Å². The van der Waals surface area contributed by atoms with Crippen LogP contribution in [0.4, 0.5) is 0 Å². The topological polar surface area (TPSA) is 73.2 Å². The van der Waals surface area contributed by atoms with Gasteiger partial charge >= 0.3 is 0 Å². The largest absolute Gasteiger partial charge is 0.396 e. The summed E-state index contributed by atoms with van der Waals surface area (Å²) in [6.45, 7) is 5.58. The molecule has 1 aliphatic heterocycles. The zero-order valence-corrected chi connectivity index (χ0v) is 14.7. The number of aliphatic hydroxyl groups is 3. The molecule has 24 heavy (non-hydrogen) atoms. The van der Waals surface area contributed by atoms with Crippen LogP contribution in [0.3, 0.4) is 0 Å². The van der Waals surface area contributed by atoms with Crippen LogP contribution in [0.2, 0.25) is 0 Å². The summed E-state index contributed by atoms with van der Waals surface area (Å²) >= 11 is 0. The monoisotopic (exact) mass is 334 g/mol. The molecular formula is C20H30O4. The van der Waals surface area contributed by atoms with Gasteiger partial charge in [0.1, 0.15) is 0 Å². The van der Waals surface area contributed by atoms with Crippen molar-refractivity contribution in [2.45, 2.75) is 64.3 Å². The molecule has 4 nitrogen and oxygen atoms in total. The van der Waals surface area contributed by atoms with Gasteiger partial charge in [0.05, 0.1) is 24.9 Å². The van der Waals surface area contributed by atoms with Gasteiger partial charge in [0.2, 0.25) is 0 Å². The van der Waals surface area contributed by atoms with E-state index in [4.69, 9.17) is 4.74 Å². The van der Waals surface area contributed by atoms with Crippen molar-refractivity contribution in [3.05, 3.63) is 11.6 Å². The highest BCUT2D eigenvalue weighted by molar-refractivity contribution is 5.33. The van der Waals surface area contributed by atoms with E-state index in [1.807, 2.05) is 0 Å². The van der Waals surface area contributed by atoms with Crippen molar-refractivity contribution < 1.29 is 20.1 Å². The minimum Gasteiger partial charge on any atom is -0.396 e. The molecule has 0 amide bonds. The van der Waals surface area contributed by atoms with Crippen LogP contribution >= 0.6 is 0 Å². The number of ether oxygens (including phenoxy) is 1. The smallest absolute Gasteiger partial charge is 0.0866 e. The van der Waals surface area contributed by atoms with Crippen molar-refractivity contribution >= 4 is 0 Å². The van der Waals surface area contributed by atoms with Gasteiger partial charge in [-0.2, -0.15) is 0 Å². The van der Waals surface area contributed by atoms with Crippen molar-refractivity contribution in [1.82, 2.24) is 0 Å². The average molecular weight is 334 g/mol. The van der Waals surface area contributed by atoms with E-state index in [2.05, 4.69) is 19.9 Å². The van der Waals surface area contributed by atoms with Gasteiger partial charge in [-0.15, -0.1) is 0 Å². The van der Waals surface area contributed by atoms with Gasteiger partial charge in [0, 0.05) is 23.4 Å². The lowest BCUT2D eigenvalue weighted by molar-refractivity contribution is -0.0953. The van der Waals surface area contributed by atoms with Crippen LogP contribution in [-0.4, -0.2) is 46.8 Å². The van der Waals surface area contributed by atoms with E-state index in [1.165, 1.54) is 5.57 Å². The van der Waals surface area contributed by atoms with Crippen LogP contribution in [0.15, 0.2) is 11.6 Å². The zero-order chi connectivity index (χ0) is 16.9. The van der Waals surface area contributed by atoms with Gasteiger partial charge in [0.25, 0.3) is 0 Å². The second-order valence-corrected chi connectivity index (χ2v) is 9.90. The van der Waals surface area contributed by atoms with Crippen molar-refractivity contribution in [3.63, 3.8) is 0 Å². The molecule has 0 spiro atoms. The molecule has 4 fully saturated rings. The van der Waals surface area contributed by atoms with E-state index >= 15 is 0 Å². The third-order valence-electron chi connectivity index (χ3n) is 8.62. The molecule has 5 rings (SSSR count). The predicted octanol–water partition coefficient (Wildman–Crippen LogP) is 1.88. The van der Waals surface area contributed by atoms with E-state index in [0.29, 0.717) is 12.0 Å². The number of fused-ring (bicyclic) bond motifs is 5. The van der Waals surface area contributed by atoms with Crippen LogP contribution < -0.4 is 0 Å². The Morgan fingerprint density at radius 3 is 2.58 bits per heavy atom. The normalized spacial score (nSPS) is 61.3. The number of aliphatic hydroxyl groups excluding tert-OH is 3. The molecule has 3 saturated carbocycles. The standard InChI is InChI=1S/C20H30O4/c1-18(17-9-24-17)4-3-12-11(6-18)14(22)5-16-19(12,2)8-15(23)13-7-20(13,16)10-21/h3,11,13-17,21-23H,4-10H2,1-2H3. The maximum Gasteiger partial charge on any atom is 0.0866 e. The van der Waals surface area contributed by atoms with Crippen LogP contribution in [0, 0.1) is 34.0 Å². The molecule has 3 N–H and O–H groups in total. The first-order valence-corrected chi connectivity index (χ1v) is 9.63. The van der Waals surface area contributed by atoms with Crippen LogP contribution in [0.1, 0.15) is 46.0 Å². The van der Waals surface area contributed by atoms with E-state index in [-0.39, 0.29) is 46.9 Å². The Labute approximate surface area is 143 Å². The Morgan fingerprint density at radius 2 is 1.92 bits per heavy atom. The van der Waals surface area contributed by atoms with Gasteiger partial charge in [-0.05, 0) is 49.4 Å².